The Balaban J connectivity index is 1.50. The lowest BCUT2D eigenvalue weighted by atomic mass is 9.90. The van der Waals surface area contributed by atoms with Crippen LogP contribution in [0.4, 0.5) is 0 Å². The summed E-state index contributed by atoms with van der Waals surface area (Å²) in [6.45, 7) is 5.62. The smallest absolute Gasteiger partial charge is 0.255 e. The Morgan fingerprint density at radius 3 is 2.80 bits per heavy atom. The molecule has 0 spiro atoms. The van der Waals surface area contributed by atoms with Gasteiger partial charge in [0.15, 0.2) is 5.60 Å². The Labute approximate surface area is 149 Å². The molecule has 1 aromatic rings. The van der Waals surface area contributed by atoms with E-state index in [0.29, 0.717) is 32.7 Å². The summed E-state index contributed by atoms with van der Waals surface area (Å²) in [5.41, 5.74) is -0.157. The number of aryl methyl sites for hydroxylation is 1. The van der Waals surface area contributed by atoms with Gasteiger partial charge in [0.25, 0.3) is 5.91 Å². The SMILES string of the molecule is COCCN1CCC[C@@](O)(CN2CC(Oc3ccccc3C)C2)C1=O. The first kappa shape index (κ1) is 18.2. The maximum Gasteiger partial charge on any atom is 0.255 e. The van der Waals surface area contributed by atoms with Gasteiger partial charge in [-0.05, 0) is 31.4 Å². The Bertz CT molecular complexity index is 603. The van der Waals surface area contributed by atoms with E-state index in [1.165, 1.54) is 0 Å². The third-order valence-electron chi connectivity index (χ3n) is 5.07. The van der Waals surface area contributed by atoms with Crippen LogP contribution in [-0.4, -0.2) is 79.0 Å². The number of methoxy groups -OCH3 is 1. The Morgan fingerprint density at radius 1 is 1.32 bits per heavy atom. The van der Waals surface area contributed by atoms with Gasteiger partial charge in [-0.1, -0.05) is 18.2 Å². The second-order valence-electron chi connectivity index (χ2n) is 7.12. The van der Waals surface area contributed by atoms with Crippen molar-refractivity contribution in [3.05, 3.63) is 29.8 Å². The van der Waals surface area contributed by atoms with Crippen LogP contribution < -0.4 is 4.74 Å². The van der Waals surface area contributed by atoms with E-state index >= 15 is 0 Å². The molecule has 3 rings (SSSR count). The second kappa shape index (κ2) is 7.72. The summed E-state index contributed by atoms with van der Waals surface area (Å²) in [6.07, 6.45) is 1.46. The molecule has 2 heterocycles. The predicted octanol–water partition coefficient (Wildman–Crippen LogP) is 1.06. The maximum absolute atomic E-state index is 12.6. The molecule has 138 valence electrons. The normalized spacial score (nSPS) is 25.1. The molecule has 2 aliphatic heterocycles. The first-order chi connectivity index (χ1) is 12.0. The number of benzene rings is 1. The van der Waals surface area contributed by atoms with Crippen molar-refractivity contribution in [1.29, 1.82) is 0 Å². The molecule has 1 atom stereocenters. The first-order valence-corrected chi connectivity index (χ1v) is 8.97. The fourth-order valence-electron chi connectivity index (χ4n) is 3.59. The molecule has 1 amide bonds. The molecule has 0 bridgehead atoms. The van der Waals surface area contributed by atoms with Crippen LogP contribution >= 0.6 is 0 Å². The molecule has 1 aromatic carbocycles. The van der Waals surface area contributed by atoms with E-state index in [1.807, 2.05) is 31.2 Å². The summed E-state index contributed by atoms with van der Waals surface area (Å²) in [5, 5.41) is 10.9. The van der Waals surface area contributed by atoms with Gasteiger partial charge < -0.3 is 19.5 Å². The number of para-hydroxylation sites is 1. The molecule has 2 fully saturated rings. The van der Waals surface area contributed by atoms with Crippen molar-refractivity contribution in [2.45, 2.75) is 31.5 Å². The number of likely N-dealkylation sites (tertiary alicyclic amines) is 2. The fraction of sp³-hybridized carbons (Fsp3) is 0.632. The van der Waals surface area contributed by atoms with Gasteiger partial charge in [0, 0.05) is 39.8 Å². The van der Waals surface area contributed by atoms with Crippen molar-refractivity contribution in [3.63, 3.8) is 0 Å². The number of rotatable bonds is 7. The highest BCUT2D eigenvalue weighted by molar-refractivity contribution is 5.86. The highest BCUT2D eigenvalue weighted by Crippen LogP contribution is 2.27. The van der Waals surface area contributed by atoms with Crippen molar-refractivity contribution in [1.82, 2.24) is 9.80 Å². The first-order valence-electron chi connectivity index (χ1n) is 8.97. The number of amides is 1. The molecule has 25 heavy (non-hydrogen) atoms. The van der Waals surface area contributed by atoms with Gasteiger partial charge >= 0.3 is 0 Å². The van der Waals surface area contributed by atoms with Crippen LogP contribution in [0.2, 0.25) is 0 Å². The van der Waals surface area contributed by atoms with E-state index in [1.54, 1.807) is 12.0 Å². The predicted molar refractivity (Wildman–Crippen MR) is 94.7 cm³/mol. The highest BCUT2D eigenvalue weighted by Gasteiger charge is 2.45. The highest BCUT2D eigenvalue weighted by atomic mass is 16.5. The molecule has 0 radical (unpaired) electrons. The van der Waals surface area contributed by atoms with E-state index in [9.17, 15) is 9.90 Å². The molecule has 0 saturated carbocycles. The molecule has 6 nitrogen and oxygen atoms in total. The van der Waals surface area contributed by atoms with Gasteiger partial charge in [0.1, 0.15) is 11.9 Å². The van der Waals surface area contributed by atoms with Gasteiger partial charge in [-0.3, -0.25) is 9.69 Å². The summed E-state index contributed by atoms with van der Waals surface area (Å²) in [4.78, 5) is 16.4. The van der Waals surface area contributed by atoms with Crippen LogP contribution in [0.1, 0.15) is 18.4 Å². The van der Waals surface area contributed by atoms with Crippen LogP contribution in [0.5, 0.6) is 5.75 Å². The van der Waals surface area contributed by atoms with Crippen LogP contribution in [0.25, 0.3) is 0 Å². The summed E-state index contributed by atoms with van der Waals surface area (Å²) in [5.74, 6) is 0.740. The van der Waals surface area contributed by atoms with Crippen molar-refractivity contribution < 1.29 is 19.4 Å². The zero-order valence-electron chi connectivity index (χ0n) is 15.1. The number of piperidine rings is 1. The van der Waals surface area contributed by atoms with Gasteiger partial charge in [-0.2, -0.15) is 0 Å². The van der Waals surface area contributed by atoms with E-state index in [2.05, 4.69) is 4.90 Å². The average Bonchev–Trinajstić information content (AvgIpc) is 2.56. The number of nitrogens with zero attached hydrogens (tertiary/aromatic N) is 2. The van der Waals surface area contributed by atoms with Crippen LogP contribution in [0.15, 0.2) is 24.3 Å². The van der Waals surface area contributed by atoms with Crippen LogP contribution in [0, 0.1) is 6.92 Å². The summed E-state index contributed by atoms with van der Waals surface area (Å²) in [7, 11) is 1.62. The number of hydrogen-bond donors (Lipinski definition) is 1. The van der Waals surface area contributed by atoms with Gasteiger partial charge in [0.05, 0.1) is 6.61 Å². The average molecular weight is 348 g/mol. The molecule has 0 aliphatic carbocycles. The maximum atomic E-state index is 12.6. The van der Waals surface area contributed by atoms with Gasteiger partial charge in [-0.15, -0.1) is 0 Å². The Hall–Kier alpha value is -1.63. The van der Waals surface area contributed by atoms with Gasteiger partial charge in [-0.25, -0.2) is 0 Å². The molecular weight excluding hydrogens is 320 g/mol. The summed E-state index contributed by atoms with van der Waals surface area (Å²) in [6, 6.07) is 7.97. The van der Waals surface area contributed by atoms with E-state index < -0.39 is 5.60 Å². The lowest BCUT2D eigenvalue weighted by Crippen LogP contribution is -2.64. The minimum atomic E-state index is -1.28. The Kier molecular flexibility index (Phi) is 5.61. The number of hydrogen-bond acceptors (Lipinski definition) is 5. The lowest BCUT2D eigenvalue weighted by molar-refractivity contribution is -0.163. The molecule has 1 N–H and O–H groups in total. The molecule has 2 saturated heterocycles. The molecule has 6 heteroatoms. The minimum absolute atomic E-state index is 0.119. The molecule has 0 unspecified atom stereocenters. The third-order valence-corrected chi connectivity index (χ3v) is 5.07. The van der Waals surface area contributed by atoms with Gasteiger partial charge in [0.2, 0.25) is 0 Å². The second-order valence-corrected chi connectivity index (χ2v) is 7.12. The molecule has 2 aliphatic rings. The Morgan fingerprint density at radius 2 is 2.08 bits per heavy atom. The van der Waals surface area contributed by atoms with Crippen molar-refractivity contribution in [2.75, 3.05) is 46.4 Å². The number of ether oxygens (including phenoxy) is 2. The number of β-amino-alcohol motifs (C(OH)–C–C–N with tert-alkyl or cyclic N) is 1. The zero-order valence-corrected chi connectivity index (χ0v) is 15.1. The summed E-state index contributed by atoms with van der Waals surface area (Å²) >= 11 is 0. The van der Waals surface area contributed by atoms with Crippen molar-refractivity contribution in [2.24, 2.45) is 0 Å². The lowest BCUT2D eigenvalue weighted by Gasteiger charge is -2.45. The standard InChI is InChI=1S/C19H28N2O4/c1-15-6-3-4-7-17(15)25-16-12-20(13-16)14-19(23)8-5-9-21(18(19)22)10-11-24-2/h3-4,6-7,16,23H,5,8-14H2,1-2H3/t19-/m1/s1. The minimum Gasteiger partial charge on any atom is -0.487 e. The topological polar surface area (TPSA) is 62.2 Å². The van der Waals surface area contributed by atoms with E-state index in [0.717, 1.165) is 30.8 Å². The monoisotopic (exact) mass is 348 g/mol. The number of carbonyl (C=O) groups excluding carboxylic acids is 1. The third kappa shape index (κ3) is 4.14. The zero-order chi connectivity index (χ0) is 17.9. The number of carbonyl (C=O) groups is 1. The van der Waals surface area contributed by atoms with Crippen LogP contribution in [-0.2, 0) is 9.53 Å². The largest absolute Gasteiger partial charge is 0.487 e. The summed E-state index contributed by atoms with van der Waals surface area (Å²) < 4.78 is 11.1. The number of aliphatic hydroxyl groups is 1. The molecular formula is C19H28N2O4. The quantitative estimate of drug-likeness (QED) is 0.798. The van der Waals surface area contributed by atoms with E-state index in [-0.39, 0.29) is 12.0 Å². The van der Waals surface area contributed by atoms with E-state index in [4.69, 9.17) is 9.47 Å². The van der Waals surface area contributed by atoms with Crippen molar-refractivity contribution >= 4 is 5.91 Å². The van der Waals surface area contributed by atoms with Crippen molar-refractivity contribution in [3.8, 4) is 5.75 Å². The molecule has 0 aromatic heterocycles. The fourth-order valence-corrected chi connectivity index (χ4v) is 3.59. The van der Waals surface area contributed by atoms with Crippen LogP contribution in [0.3, 0.4) is 0 Å².